The second-order valence-electron chi connectivity index (χ2n) is 4.15. The molecule has 0 radical (unpaired) electrons. The van der Waals surface area contributed by atoms with E-state index in [2.05, 4.69) is 0 Å². The fraction of sp³-hybridized carbons (Fsp3) is 0.800. The third kappa shape index (κ3) is 2.44. The fourth-order valence-electron chi connectivity index (χ4n) is 1.50. The molecule has 0 heterocycles. The van der Waals surface area contributed by atoms with Crippen LogP contribution in [0.3, 0.4) is 0 Å². The lowest BCUT2D eigenvalue weighted by molar-refractivity contribution is -0.135. The quantitative estimate of drug-likeness (QED) is 0.714. The Morgan fingerprint density at radius 3 is 2.36 bits per heavy atom. The molecule has 1 aliphatic carbocycles. The maximum Gasteiger partial charge on any atom is 0.226 e. The van der Waals surface area contributed by atoms with Gasteiger partial charge in [0.2, 0.25) is 5.91 Å². The zero-order valence-electron chi connectivity index (χ0n) is 8.99. The van der Waals surface area contributed by atoms with Crippen molar-refractivity contribution in [2.24, 2.45) is 17.6 Å². The average molecular weight is 214 g/mol. The highest BCUT2D eigenvalue weighted by atomic mass is 32.1. The Balaban J connectivity index is 2.54. The molecule has 4 heteroatoms. The minimum atomic E-state index is -0.140. The van der Waals surface area contributed by atoms with Crippen molar-refractivity contribution in [1.82, 2.24) is 4.90 Å². The first-order valence-corrected chi connectivity index (χ1v) is 5.42. The van der Waals surface area contributed by atoms with E-state index in [9.17, 15) is 4.79 Å². The SMILES string of the molecule is CC(C(=O)N(C)C(C)C(N)=S)C1CC1. The molecule has 80 valence electrons. The van der Waals surface area contributed by atoms with Gasteiger partial charge in [0.15, 0.2) is 0 Å². The fourth-order valence-corrected chi connectivity index (χ4v) is 1.66. The smallest absolute Gasteiger partial charge is 0.226 e. The Hall–Kier alpha value is -0.640. The summed E-state index contributed by atoms with van der Waals surface area (Å²) in [6.45, 7) is 3.85. The van der Waals surface area contributed by atoms with Crippen LogP contribution in [-0.2, 0) is 4.79 Å². The number of rotatable bonds is 4. The predicted molar refractivity (Wildman–Crippen MR) is 60.9 cm³/mol. The molecule has 0 aromatic heterocycles. The van der Waals surface area contributed by atoms with Gasteiger partial charge in [0.25, 0.3) is 0 Å². The number of carbonyl (C=O) groups excluding carboxylic acids is 1. The van der Waals surface area contributed by atoms with Crippen LogP contribution in [0.25, 0.3) is 0 Å². The van der Waals surface area contributed by atoms with Crippen molar-refractivity contribution in [1.29, 1.82) is 0 Å². The van der Waals surface area contributed by atoms with Crippen LogP contribution in [0.1, 0.15) is 26.7 Å². The number of hydrogen-bond acceptors (Lipinski definition) is 2. The van der Waals surface area contributed by atoms with Crippen molar-refractivity contribution in [3.8, 4) is 0 Å². The van der Waals surface area contributed by atoms with Gasteiger partial charge in [0.1, 0.15) is 0 Å². The van der Waals surface area contributed by atoms with Crippen LogP contribution >= 0.6 is 12.2 Å². The molecule has 1 fully saturated rings. The molecule has 2 N–H and O–H groups in total. The normalized spacial score (nSPS) is 19.9. The summed E-state index contributed by atoms with van der Waals surface area (Å²) in [5.41, 5.74) is 5.50. The molecule has 2 unspecified atom stereocenters. The Morgan fingerprint density at radius 1 is 1.50 bits per heavy atom. The number of hydrogen-bond donors (Lipinski definition) is 1. The largest absolute Gasteiger partial charge is 0.392 e. The molecular formula is C10H18N2OS. The minimum Gasteiger partial charge on any atom is -0.392 e. The number of likely N-dealkylation sites (N-methyl/N-ethyl adjacent to an activating group) is 1. The van der Waals surface area contributed by atoms with E-state index in [0.29, 0.717) is 10.9 Å². The van der Waals surface area contributed by atoms with Gasteiger partial charge in [-0.05, 0) is 25.7 Å². The van der Waals surface area contributed by atoms with Crippen molar-refractivity contribution in [3.63, 3.8) is 0 Å². The van der Waals surface area contributed by atoms with Crippen molar-refractivity contribution in [2.75, 3.05) is 7.05 Å². The standard InChI is InChI=1S/C10H18N2OS/c1-6(8-4-5-8)10(13)12(3)7(2)9(11)14/h6-8H,4-5H2,1-3H3,(H2,11,14). The molecule has 0 bridgehead atoms. The zero-order valence-corrected chi connectivity index (χ0v) is 9.80. The minimum absolute atomic E-state index is 0.122. The van der Waals surface area contributed by atoms with Crippen LogP contribution in [0.2, 0.25) is 0 Å². The van der Waals surface area contributed by atoms with Gasteiger partial charge in [-0.25, -0.2) is 0 Å². The van der Waals surface area contributed by atoms with Gasteiger partial charge < -0.3 is 10.6 Å². The van der Waals surface area contributed by atoms with E-state index >= 15 is 0 Å². The molecule has 1 amide bonds. The molecular weight excluding hydrogens is 196 g/mol. The van der Waals surface area contributed by atoms with E-state index in [1.807, 2.05) is 13.8 Å². The molecule has 1 aliphatic rings. The van der Waals surface area contributed by atoms with Gasteiger partial charge >= 0.3 is 0 Å². The Kier molecular flexibility index (Phi) is 3.48. The van der Waals surface area contributed by atoms with Crippen LogP contribution in [0.15, 0.2) is 0 Å². The van der Waals surface area contributed by atoms with Crippen LogP contribution in [-0.4, -0.2) is 28.9 Å². The van der Waals surface area contributed by atoms with E-state index in [1.165, 1.54) is 12.8 Å². The summed E-state index contributed by atoms with van der Waals surface area (Å²) in [7, 11) is 1.77. The van der Waals surface area contributed by atoms with Crippen LogP contribution < -0.4 is 5.73 Å². The monoisotopic (exact) mass is 214 g/mol. The first kappa shape index (κ1) is 11.4. The van der Waals surface area contributed by atoms with Gasteiger partial charge in [-0.2, -0.15) is 0 Å². The van der Waals surface area contributed by atoms with Crippen LogP contribution in [0, 0.1) is 11.8 Å². The molecule has 14 heavy (non-hydrogen) atoms. The summed E-state index contributed by atoms with van der Waals surface area (Å²) < 4.78 is 0. The lowest BCUT2D eigenvalue weighted by Gasteiger charge is -2.26. The number of nitrogens with two attached hydrogens (primary N) is 1. The molecule has 0 spiro atoms. The van der Waals surface area contributed by atoms with E-state index in [4.69, 9.17) is 18.0 Å². The zero-order chi connectivity index (χ0) is 10.9. The van der Waals surface area contributed by atoms with Crippen molar-refractivity contribution < 1.29 is 4.79 Å². The molecule has 0 aromatic carbocycles. The van der Waals surface area contributed by atoms with E-state index < -0.39 is 0 Å². The van der Waals surface area contributed by atoms with Gasteiger partial charge in [0.05, 0.1) is 11.0 Å². The predicted octanol–water partition coefficient (Wildman–Crippen LogP) is 1.17. The summed E-state index contributed by atoms with van der Waals surface area (Å²) in [5.74, 6) is 0.869. The lowest BCUT2D eigenvalue weighted by atomic mass is 10.0. The Labute approximate surface area is 90.6 Å². The van der Waals surface area contributed by atoms with Gasteiger partial charge in [-0.1, -0.05) is 19.1 Å². The van der Waals surface area contributed by atoms with Crippen LogP contribution in [0.4, 0.5) is 0 Å². The number of thiocarbonyl (C=S) groups is 1. The maximum absolute atomic E-state index is 11.9. The van der Waals surface area contributed by atoms with E-state index in [1.54, 1.807) is 11.9 Å². The highest BCUT2D eigenvalue weighted by Crippen LogP contribution is 2.37. The molecule has 0 aliphatic heterocycles. The van der Waals surface area contributed by atoms with Crippen molar-refractivity contribution in [2.45, 2.75) is 32.7 Å². The molecule has 1 saturated carbocycles. The number of carbonyl (C=O) groups is 1. The summed E-state index contributed by atoms with van der Waals surface area (Å²) in [4.78, 5) is 13.9. The highest BCUT2D eigenvalue weighted by Gasteiger charge is 2.35. The Bertz CT molecular complexity index is 251. The molecule has 0 aromatic rings. The van der Waals surface area contributed by atoms with Gasteiger partial charge in [0, 0.05) is 13.0 Å². The summed E-state index contributed by atoms with van der Waals surface area (Å²) in [6.07, 6.45) is 2.37. The van der Waals surface area contributed by atoms with E-state index in [-0.39, 0.29) is 17.9 Å². The molecule has 0 saturated heterocycles. The maximum atomic E-state index is 11.9. The average Bonchev–Trinajstić information content (AvgIpc) is 2.96. The first-order valence-electron chi connectivity index (χ1n) is 5.01. The van der Waals surface area contributed by atoms with Gasteiger partial charge in [-0.3, -0.25) is 4.79 Å². The topological polar surface area (TPSA) is 46.3 Å². The molecule has 3 nitrogen and oxygen atoms in total. The molecule has 1 rings (SSSR count). The number of amides is 1. The first-order chi connectivity index (χ1) is 6.45. The van der Waals surface area contributed by atoms with Crippen molar-refractivity contribution in [3.05, 3.63) is 0 Å². The summed E-state index contributed by atoms with van der Waals surface area (Å²) in [6, 6.07) is -0.140. The Morgan fingerprint density at radius 2 is 2.00 bits per heavy atom. The van der Waals surface area contributed by atoms with E-state index in [0.717, 1.165) is 0 Å². The molecule has 2 atom stereocenters. The second-order valence-corrected chi connectivity index (χ2v) is 4.62. The van der Waals surface area contributed by atoms with Gasteiger partial charge in [-0.15, -0.1) is 0 Å². The lowest BCUT2D eigenvalue weighted by Crippen LogP contribution is -2.45. The summed E-state index contributed by atoms with van der Waals surface area (Å²) in [5, 5.41) is 0. The number of nitrogens with zero attached hydrogens (tertiary/aromatic N) is 1. The summed E-state index contributed by atoms with van der Waals surface area (Å²) >= 11 is 4.87. The second kappa shape index (κ2) is 4.26. The third-order valence-electron chi connectivity index (χ3n) is 3.06. The highest BCUT2D eigenvalue weighted by molar-refractivity contribution is 7.80. The van der Waals surface area contributed by atoms with Crippen LogP contribution in [0.5, 0.6) is 0 Å². The third-order valence-corrected chi connectivity index (χ3v) is 3.40. The van der Waals surface area contributed by atoms with Crippen molar-refractivity contribution >= 4 is 23.1 Å².